The predicted octanol–water partition coefficient (Wildman–Crippen LogP) is 2.50. The lowest BCUT2D eigenvalue weighted by Crippen LogP contribution is -1.85. The summed E-state index contributed by atoms with van der Waals surface area (Å²) < 4.78 is 0. The van der Waals surface area contributed by atoms with Crippen molar-refractivity contribution in [1.82, 2.24) is 0 Å². The van der Waals surface area contributed by atoms with Gasteiger partial charge in [0, 0.05) is 12.5 Å². The first-order chi connectivity index (χ1) is 7.63. The Hall–Kier alpha value is -1.71. The van der Waals surface area contributed by atoms with Crippen molar-refractivity contribution >= 4 is 16.9 Å². The molecule has 0 aliphatic carbocycles. The van der Waals surface area contributed by atoms with Gasteiger partial charge in [-0.05, 0) is 30.7 Å². The van der Waals surface area contributed by atoms with Gasteiger partial charge in [0.25, 0.3) is 0 Å². The molecule has 0 amide bonds. The van der Waals surface area contributed by atoms with Crippen LogP contribution in [0, 0.1) is 30.1 Å². The molecule has 0 saturated carbocycles. The lowest BCUT2D eigenvalue weighted by molar-refractivity contribution is -0.109. The molecule has 0 fully saturated rings. The highest BCUT2D eigenvalue weighted by Gasteiger charge is 1.96. The molecule has 0 heterocycles. The molecule has 0 saturated heterocycles. The molecule has 0 spiro atoms. The van der Waals surface area contributed by atoms with E-state index in [-0.39, 0.29) is 5.12 Å². The molecule has 80 valence electrons. The topological polar surface area (TPSA) is 40.9 Å². The second kappa shape index (κ2) is 6.00. The van der Waals surface area contributed by atoms with Gasteiger partial charge < -0.3 is 0 Å². The van der Waals surface area contributed by atoms with Gasteiger partial charge in [-0.15, -0.1) is 0 Å². The second-order valence-electron chi connectivity index (χ2n) is 3.22. The van der Waals surface area contributed by atoms with Gasteiger partial charge in [0.15, 0.2) is 5.12 Å². The number of rotatable bonds is 1. The highest BCUT2D eigenvalue weighted by Crippen LogP contribution is 2.09. The van der Waals surface area contributed by atoms with Gasteiger partial charge in [-0.25, -0.2) is 0 Å². The Morgan fingerprint density at radius 2 is 2.25 bits per heavy atom. The Morgan fingerprint density at radius 1 is 1.50 bits per heavy atom. The zero-order valence-electron chi connectivity index (χ0n) is 9.20. The molecule has 0 N–H and O–H groups in total. The van der Waals surface area contributed by atoms with E-state index >= 15 is 0 Å². The van der Waals surface area contributed by atoms with E-state index in [1.807, 2.05) is 19.1 Å². The second-order valence-corrected chi connectivity index (χ2v) is 4.38. The quantitative estimate of drug-likeness (QED) is 0.695. The van der Waals surface area contributed by atoms with Crippen LogP contribution in [-0.4, -0.2) is 10.9 Å². The van der Waals surface area contributed by atoms with Crippen LogP contribution in [0.3, 0.4) is 0 Å². The van der Waals surface area contributed by atoms with Gasteiger partial charge in [-0.1, -0.05) is 23.6 Å². The zero-order valence-corrected chi connectivity index (χ0v) is 10.0. The first kappa shape index (κ1) is 12.4. The third-order valence-corrected chi connectivity index (χ3v) is 2.62. The average Bonchev–Trinajstić information content (AvgIpc) is 2.24. The molecule has 1 aromatic carbocycles. The number of nitrogens with zero attached hydrogens (tertiary/aromatic N) is 1. The van der Waals surface area contributed by atoms with Crippen molar-refractivity contribution in [3.63, 3.8) is 0 Å². The van der Waals surface area contributed by atoms with Crippen LogP contribution in [0.15, 0.2) is 18.2 Å². The maximum absolute atomic E-state index is 10.7. The van der Waals surface area contributed by atoms with E-state index in [0.717, 1.165) is 11.1 Å². The minimum Gasteiger partial charge on any atom is -0.288 e. The van der Waals surface area contributed by atoms with Crippen LogP contribution in [-0.2, 0) is 4.79 Å². The number of thioether (sulfide) groups is 1. The zero-order chi connectivity index (χ0) is 12.0. The molecular formula is C13H11NOS. The highest BCUT2D eigenvalue weighted by molar-refractivity contribution is 8.13. The van der Waals surface area contributed by atoms with Crippen molar-refractivity contribution in [3.05, 3.63) is 34.9 Å². The molecule has 0 aliphatic heterocycles. The van der Waals surface area contributed by atoms with Crippen molar-refractivity contribution in [2.45, 2.75) is 13.8 Å². The van der Waals surface area contributed by atoms with Crippen molar-refractivity contribution in [2.24, 2.45) is 0 Å². The van der Waals surface area contributed by atoms with E-state index in [1.54, 1.807) is 6.07 Å². The predicted molar refractivity (Wildman–Crippen MR) is 65.9 cm³/mol. The summed E-state index contributed by atoms with van der Waals surface area (Å²) in [6.45, 7) is 3.41. The van der Waals surface area contributed by atoms with Gasteiger partial charge in [0.2, 0.25) is 0 Å². The van der Waals surface area contributed by atoms with E-state index in [9.17, 15) is 4.79 Å². The minimum atomic E-state index is 0.0744. The van der Waals surface area contributed by atoms with Crippen LogP contribution in [0.2, 0.25) is 0 Å². The molecule has 0 unspecified atom stereocenters. The molecule has 2 nitrogen and oxygen atoms in total. The van der Waals surface area contributed by atoms with E-state index < -0.39 is 0 Å². The SMILES string of the molecule is CC(=O)SCC#Cc1ccc(C#N)c(C)c1. The molecule has 0 bridgehead atoms. The van der Waals surface area contributed by atoms with Crippen LogP contribution in [0.25, 0.3) is 0 Å². The normalized spacial score (nSPS) is 8.81. The molecule has 3 heteroatoms. The van der Waals surface area contributed by atoms with Crippen LogP contribution in [0.1, 0.15) is 23.6 Å². The molecular weight excluding hydrogens is 218 g/mol. The third kappa shape index (κ3) is 3.81. The minimum absolute atomic E-state index is 0.0744. The summed E-state index contributed by atoms with van der Waals surface area (Å²) in [5.74, 6) is 6.37. The van der Waals surface area contributed by atoms with E-state index in [0.29, 0.717) is 11.3 Å². The molecule has 0 aromatic heterocycles. The number of carbonyl (C=O) groups excluding carboxylic acids is 1. The third-order valence-electron chi connectivity index (χ3n) is 1.93. The maximum Gasteiger partial charge on any atom is 0.186 e. The Balaban J connectivity index is 2.72. The molecule has 0 aliphatic rings. The number of carbonyl (C=O) groups is 1. The Bertz CT molecular complexity index is 503. The Labute approximate surface area is 99.7 Å². The average molecular weight is 229 g/mol. The number of hydrogen-bond acceptors (Lipinski definition) is 3. The smallest absolute Gasteiger partial charge is 0.186 e. The summed E-state index contributed by atoms with van der Waals surface area (Å²) in [5.41, 5.74) is 2.47. The van der Waals surface area contributed by atoms with Crippen molar-refractivity contribution in [2.75, 3.05) is 5.75 Å². The number of benzene rings is 1. The first-order valence-electron chi connectivity index (χ1n) is 4.76. The van der Waals surface area contributed by atoms with Crippen LogP contribution in [0.5, 0.6) is 0 Å². The van der Waals surface area contributed by atoms with E-state index in [4.69, 9.17) is 5.26 Å². The summed E-state index contributed by atoms with van der Waals surface area (Å²) in [4.78, 5) is 10.7. The largest absolute Gasteiger partial charge is 0.288 e. The van der Waals surface area contributed by atoms with E-state index in [1.165, 1.54) is 18.7 Å². The monoisotopic (exact) mass is 229 g/mol. The fourth-order valence-corrected chi connectivity index (χ4v) is 1.49. The molecule has 16 heavy (non-hydrogen) atoms. The lowest BCUT2D eigenvalue weighted by atomic mass is 10.1. The Morgan fingerprint density at radius 3 is 2.81 bits per heavy atom. The van der Waals surface area contributed by atoms with Crippen molar-refractivity contribution in [1.29, 1.82) is 5.26 Å². The fraction of sp³-hybridized carbons (Fsp3) is 0.231. The van der Waals surface area contributed by atoms with Crippen LogP contribution >= 0.6 is 11.8 Å². The molecule has 1 aromatic rings. The van der Waals surface area contributed by atoms with Gasteiger partial charge in [0.1, 0.15) is 0 Å². The molecule has 1 rings (SSSR count). The number of hydrogen-bond donors (Lipinski definition) is 0. The number of aryl methyl sites for hydroxylation is 1. The summed E-state index contributed by atoms with van der Waals surface area (Å²) in [5, 5.41) is 8.83. The highest BCUT2D eigenvalue weighted by atomic mass is 32.2. The fourth-order valence-electron chi connectivity index (χ4n) is 1.14. The van der Waals surface area contributed by atoms with Gasteiger partial charge in [-0.3, -0.25) is 4.79 Å². The van der Waals surface area contributed by atoms with Crippen molar-refractivity contribution < 1.29 is 4.79 Å². The first-order valence-corrected chi connectivity index (χ1v) is 5.75. The molecule has 0 radical (unpaired) electrons. The summed E-state index contributed by atoms with van der Waals surface area (Å²) in [7, 11) is 0. The van der Waals surface area contributed by atoms with Gasteiger partial charge >= 0.3 is 0 Å². The summed E-state index contributed by atoms with van der Waals surface area (Å²) in [6, 6.07) is 7.56. The summed E-state index contributed by atoms with van der Waals surface area (Å²) in [6.07, 6.45) is 0. The lowest BCUT2D eigenvalue weighted by Gasteiger charge is -1.96. The maximum atomic E-state index is 10.7. The standard InChI is InChI=1S/C13H11NOS/c1-10-8-12(5-6-13(10)9-14)4-3-7-16-11(2)15/h5-6,8H,7H2,1-2H3. The molecule has 0 atom stereocenters. The van der Waals surface area contributed by atoms with Gasteiger partial charge in [0.05, 0.1) is 17.4 Å². The summed E-state index contributed by atoms with van der Waals surface area (Å²) >= 11 is 1.20. The van der Waals surface area contributed by atoms with Crippen LogP contribution in [0.4, 0.5) is 0 Å². The van der Waals surface area contributed by atoms with Crippen LogP contribution < -0.4 is 0 Å². The van der Waals surface area contributed by atoms with E-state index in [2.05, 4.69) is 17.9 Å². The number of nitriles is 1. The Kier molecular flexibility index (Phi) is 4.64. The van der Waals surface area contributed by atoms with Gasteiger partial charge in [-0.2, -0.15) is 5.26 Å². The van der Waals surface area contributed by atoms with Crippen molar-refractivity contribution in [3.8, 4) is 17.9 Å².